The molecule has 8 heteroatoms. The second-order valence-electron chi connectivity index (χ2n) is 5.29. The van der Waals surface area contributed by atoms with Crippen LogP contribution in [0.15, 0.2) is 35.8 Å². The van der Waals surface area contributed by atoms with Crippen LogP contribution in [0.3, 0.4) is 0 Å². The van der Waals surface area contributed by atoms with E-state index in [1.54, 1.807) is 6.20 Å². The van der Waals surface area contributed by atoms with Gasteiger partial charge in [-0.05, 0) is 30.7 Å². The van der Waals surface area contributed by atoms with Gasteiger partial charge in [0.15, 0.2) is 5.13 Å². The van der Waals surface area contributed by atoms with Crippen molar-refractivity contribution < 1.29 is 18.0 Å². The summed E-state index contributed by atoms with van der Waals surface area (Å²) in [4.78, 5) is 18.4. The van der Waals surface area contributed by atoms with Gasteiger partial charge in [-0.2, -0.15) is 13.2 Å². The van der Waals surface area contributed by atoms with Crippen molar-refractivity contribution in [3.63, 3.8) is 0 Å². The van der Waals surface area contributed by atoms with E-state index in [9.17, 15) is 18.0 Å². The molecule has 1 N–H and O–H groups in total. The smallest absolute Gasteiger partial charge is 0.347 e. The van der Waals surface area contributed by atoms with E-state index in [1.165, 1.54) is 23.5 Å². The summed E-state index contributed by atoms with van der Waals surface area (Å²) in [5.41, 5.74) is -0.532. The van der Waals surface area contributed by atoms with Gasteiger partial charge in [0.25, 0.3) is 5.91 Å². The number of nitrogens with one attached hydrogen (secondary N) is 1. The molecule has 1 unspecified atom stereocenters. The Morgan fingerprint density at radius 2 is 2.04 bits per heavy atom. The van der Waals surface area contributed by atoms with Crippen LogP contribution in [0.4, 0.5) is 18.3 Å². The third-order valence-corrected chi connectivity index (χ3v) is 4.52. The van der Waals surface area contributed by atoms with Crippen molar-refractivity contribution in [3.05, 3.63) is 47.0 Å². The highest BCUT2D eigenvalue weighted by Crippen LogP contribution is 2.29. The van der Waals surface area contributed by atoms with Crippen LogP contribution in [0.1, 0.15) is 22.3 Å². The van der Waals surface area contributed by atoms with Gasteiger partial charge in [0, 0.05) is 36.3 Å². The second kappa shape index (κ2) is 6.19. The molecule has 1 aliphatic heterocycles. The normalized spacial score (nSPS) is 18.2. The molecule has 0 saturated carbocycles. The molecule has 2 heterocycles. The Balaban J connectivity index is 1.59. The topological polar surface area (TPSA) is 45.2 Å². The predicted octanol–water partition coefficient (Wildman–Crippen LogP) is 3.17. The van der Waals surface area contributed by atoms with Gasteiger partial charge < -0.3 is 10.2 Å². The van der Waals surface area contributed by atoms with Crippen LogP contribution in [0, 0.1) is 0 Å². The lowest BCUT2D eigenvalue weighted by Crippen LogP contribution is -2.37. The summed E-state index contributed by atoms with van der Waals surface area (Å²) in [6.45, 7) is 1.45. The predicted molar refractivity (Wildman–Crippen MR) is 81.6 cm³/mol. The zero-order valence-electron chi connectivity index (χ0n) is 12.0. The zero-order chi connectivity index (χ0) is 16.4. The highest BCUT2D eigenvalue weighted by atomic mass is 32.1. The van der Waals surface area contributed by atoms with Gasteiger partial charge in [0.05, 0.1) is 5.56 Å². The Labute approximate surface area is 135 Å². The molecule has 1 saturated heterocycles. The lowest BCUT2D eigenvalue weighted by atomic mass is 10.1. The molecule has 122 valence electrons. The number of carbonyl (C=O) groups excluding carboxylic acids is 1. The standard InChI is InChI=1S/C15H14F3N3OS/c16-15(17,18)11-3-1-10(2-4-11)13(22)20-12-5-7-21(9-12)14-19-6-8-23-14/h1-4,6,8,12H,5,7,9H2,(H,20,22). The molecular formula is C15H14F3N3OS. The summed E-state index contributed by atoms with van der Waals surface area (Å²) in [6.07, 6.45) is -1.88. The van der Waals surface area contributed by atoms with E-state index in [0.717, 1.165) is 30.2 Å². The number of hydrogen-bond donors (Lipinski definition) is 1. The SMILES string of the molecule is O=C(NC1CCN(c2nccs2)C1)c1ccc(C(F)(F)F)cc1. The molecule has 0 spiro atoms. The van der Waals surface area contributed by atoms with Gasteiger partial charge in [-0.15, -0.1) is 11.3 Å². The maximum absolute atomic E-state index is 12.5. The van der Waals surface area contributed by atoms with E-state index in [-0.39, 0.29) is 17.5 Å². The number of aromatic nitrogens is 1. The van der Waals surface area contributed by atoms with Crippen molar-refractivity contribution in [2.75, 3.05) is 18.0 Å². The fourth-order valence-electron chi connectivity index (χ4n) is 2.50. The average molecular weight is 341 g/mol. The van der Waals surface area contributed by atoms with E-state index < -0.39 is 11.7 Å². The highest BCUT2D eigenvalue weighted by molar-refractivity contribution is 7.13. The lowest BCUT2D eigenvalue weighted by Gasteiger charge is -2.16. The molecule has 1 aromatic carbocycles. The quantitative estimate of drug-likeness (QED) is 0.933. The maximum Gasteiger partial charge on any atom is 0.416 e. The molecule has 1 atom stereocenters. The van der Waals surface area contributed by atoms with Crippen LogP contribution in [0.5, 0.6) is 0 Å². The van der Waals surface area contributed by atoms with Crippen LogP contribution in [-0.2, 0) is 6.18 Å². The van der Waals surface area contributed by atoms with Crippen molar-refractivity contribution >= 4 is 22.4 Å². The summed E-state index contributed by atoms with van der Waals surface area (Å²) in [5.74, 6) is -0.357. The van der Waals surface area contributed by atoms with Gasteiger partial charge in [0.1, 0.15) is 0 Å². The monoisotopic (exact) mass is 341 g/mol. The Bertz CT molecular complexity index is 670. The fourth-order valence-corrected chi connectivity index (χ4v) is 3.18. The molecule has 1 amide bonds. The first-order valence-electron chi connectivity index (χ1n) is 7.06. The molecule has 2 aromatic rings. The number of alkyl halides is 3. The first-order valence-corrected chi connectivity index (χ1v) is 7.94. The van der Waals surface area contributed by atoms with Crippen molar-refractivity contribution in [1.29, 1.82) is 0 Å². The maximum atomic E-state index is 12.5. The van der Waals surface area contributed by atoms with E-state index in [0.29, 0.717) is 6.54 Å². The molecule has 0 bridgehead atoms. The Kier molecular flexibility index (Phi) is 4.25. The minimum Gasteiger partial charge on any atom is -0.347 e. The average Bonchev–Trinajstić information content (AvgIpc) is 3.17. The molecule has 4 nitrogen and oxygen atoms in total. The van der Waals surface area contributed by atoms with Gasteiger partial charge in [-0.3, -0.25) is 4.79 Å². The van der Waals surface area contributed by atoms with Crippen LogP contribution in [-0.4, -0.2) is 30.0 Å². The first-order chi connectivity index (χ1) is 10.9. The Morgan fingerprint density at radius 3 is 2.65 bits per heavy atom. The van der Waals surface area contributed by atoms with Crippen molar-refractivity contribution in [1.82, 2.24) is 10.3 Å². The number of rotatable bonds is 3. The second-order valence-corrected chi connectivity index (χ2v) is 6.17. The lowest BCUT2D eigenvalue weighted by molar-refractivity contribution is -0.137. The summed E-state index contributed by atoms with van der Waals surface area (Å²) >= 11 is 1.54. The number of anilines is 1. The first kappa shape index (κ1) is 15.8. The van der Waals surface area contributed by atoms with E-state index in [1.807, 2.05) is 5.38 Å². The van der Waals surface area contributed by atoms with E-state index in [2.05, 4.69) is 15.2 Å². The van der Waals surface area contributed by atoms with Crippen LogP contribution < -0.4 is 10.2 Å². The fraction of sp³-hybridized carbons (Fsp3) is 0.333. The molecule has 23 heavy (non-hydrogen) atoms. The van der Waals surface area contributed by atoms with Gasteiger partial charge >= 0.3 is 6.18 Å². The minimum absolute atomic E-state index is 0.0336. The molecule has 1 fully saturated rings. The summed E-state index contributed by atoms with van der Waals surface area (Å²) in [6, 6.07) is 4.21. The minimum atomic E-state index is -4.39. The van der Waals surface area contributed by atoms with Crippen molar-refractivity contribution in [2.24, 2.45) is 0 Å². The number of nitrogens with zero attached hydrogens (tertiary/aromatic N) is 2. The van der Waals surface area contributed by atoms with Gasteiger partial charge in [-0.1, -0.05) is 0 Å². The molecule has 1 aliphatic rings. The third-order valence-electron chi connectivity index (χ3n) is 3.69. The molecule has 1 aromatic heterocycles. The van der Waals surface area contributed by atoms with Crippen molar-refractivity contribution in [3.8, 4) is 0 Å². The largest absolute Gasteiger partial charge is 0.416 e. The zero-order valence-corrected chi connectivity index (χ0v) is 12.8. The number of amides is 1. The number of hydrogen-bond acceptors (Lipinski definition) is 4. The Hall–Kier alpha value is -2.09. The van der Waals surface area contributed by atoms with Crippen LogP contribution in [0.25, 0.3) is 0 Å². The summed E-state index contributed by atoms with van der Waals surface area (Å²) < 4.78 is 37.5. The van der Waals surface area contributed by atoms with Gasteiger partial charge in [-0.25, -0.2) is 4.98 Å². The highest BCUT2D eigenvalue weighted by Gasteiger charge is 2.30. The number of halogens is 3. The van der Waals surface area contributed by atoms with E-state index >= 15 is 0 Å². The molecule has 0 radical (unpaired) electrons. The molecular weight excluding hydrogens is 327 g/mol. The van der Waals surface area contributed by atoms with E-state index in [4.69, 9.17) is 0 Å². The van der Waals surface area contributed by atoms with Crippen LogP contribution in [0.2, 0.25) is 0 Å². The van der Waals surface area contributed by atoms with Crippen molar-refractivity contribution in [2.45, 2.75) is 18.6 Å². The summed E-state index contributed by atoms with van der Waals surface area (Å²) in [7, 11) is 0. The Morgan fingerprint density at radius 1 is 1.30 bits per heavy atom. The number of carbonyl (C=O) groups is 1. The van der Waals surface area contributed by atoms with Gasteiger partial charge in [0.2, 0.25) is 0 Å². The summed E-state index contributed by atoms with van der Waals surface area (Å²) in [5, 5.41) is 5.67. The van der Waals surface area contributed by atoms with Crippen LogP contribution >= 0.6 is 11.3 Å². The number of benzene rings is 1. The number of thiazole rings is 1. The molecule has 3 rings (SSSR count). The third kappa shape index (κ3) is 3.64. The molecule has 0 aliphatic carbocycles.